The zero-order chi connectivity index (χ0) is 14.9. The van der Waals surface area contributed by atoms with Crippen LogP contribution in [0.25, 0.3) is 0 Å². The van der Waals surface area contributed by atoms with Crippen LogP contribution in [0.4, 0.5) is 0 Å². The van der Waals surface area contributed by atoms with Gasteiger partial charge in [0.05, 0.1) is 16.0 Å². The number of rotatable bonds is 1. The van der Waals surface area contributed by atoms with Crippen molar-refractivity contribution in [3.8, 4) is 0 Å². The van der Waals surface area contributed by atoms with Crippen molar-refractivity contribution in [3.05, 3.63) is 7.43 Å². The molecule has 0 aliphatic rings. The van der Waals surface area contributed by atoms with Crippen molar-refractivity contribution in [1.82, 2.24) is 0 Å². The molecule has 0 aromatic heterocycles. The first-order chi connectivity index (χ1) is 7.48. The molecule has 0 unspecified atom stereocenters. The zero-order valence-corrected chi connectivity index (χ0v) is 17.8. The van der Waals surface area contributed by atoms with Crippen molar-refractivity contribution in [2.75, 3.05) is 0 Å². The van der Waals surface area contributed by atoms with E-state index in [9.17, 15) is 0 Å². The van der Waals surface area contributed by atoms with Crippen LogP contribution in [0.1, 0.15) is 83.1 Å². The van der Waals surface area contributed by atoms with Gasteiger partial charge in [-0.1, -0.05) is 27.7 Å². The first kappa shape index (κ1) is 32.4. The average Bonchev–Trinajstić information content (AvgIpc) is 2.01. The first-order valence-corrected chi connectivity index (χ1v) is 10.1. The molecule has 0 bridgehead atoms. The van der Waals surface area contributed by atoms with E-state index in [1.807, 2.05) is 0 Å². The van der Waals surface area contributed by atoms with Gasteiger partial charge in [-0.2, -0.15) is 0 Å². The Balaban J connectivity index is -0.0000000819. The fraction of sp³-hybridized carbons (Fsp3) is 0.938. The van der Waals surface area contributed by atoms with Gasteiger partial charge in [0, 0.05) is 7.92 Å². The molecule has 0 spiro atoms. The third kappa shape index (κ3) is 19.4. The standard InChI is InChI=1S/C11H25P.C3H8.CH4.CH3.ClH.Pd/c1-9(2)12(10(3,4)5)11(6,7)8;1-3-2;;;;/h9H,1-8H3;3H2,1-2H3;1H4;1H3;1H;/q;;;-1;;+2. The van der Waals surface area contributed by atoms with Gasteiger partial charge in [0.1, 0.15) is 0 Å². The summed E-state index contributed by atoms with van der Waals surface area (Å²) in [7, 11) is 4.20. The molecule has 0 saturated heterocycles. The summed E-state index contributed by atoms with van der Waals surface area (Å²) >= 11 is 2.22. The van der Waals surface area contributed by atoms with E-state index in [-0.39, 0.29) is 22.8 Å². The molecule has 0 fully saturated rings. The summed E-state index contributed by atoms with van der Waals surface area (Å²) in [6, 6.07) is 0. The van der Waals surface area contributed by atoms with E-state index >= 15 is 0 Å². The molecular weight excluding hydrogens is 365 g/mol. The number of hydrogen-bond donors (Lipinski definition) is 0. The van der Waals surface area contributed by atoms with Gasteiger partial charge in [-0.3, -0.25) is 0 Å². The molecule has 0 nitrogen and oxygen atoms in total. The molecule has 0 amide bonds. The van der Waals surface area contributed by atoms with Crippen LogP contribution < -0.4 is 0 Å². The Morgan fingerprint density at radius 1 is 0.895 bits per heavy atom. The van der Waals surface area contributed by atoms with Crippen molar-refractivity contribution in [1.29, 1.82) is 0 Å². The summed E-state index contributed by atoms with van der Waals surface area (Å²) in [5, 5.41) is 1.05. The third-order valence-corrected chi connectivity index (χ3v) is 6.58. The second-order valence-electron chi connectivity index (χ2n) is 6.78. The van der Waals surface area contributed by atoms with Crippen LogP contribution in [0.3, 0.4) is 0 Å². The molecule has 0 aromatic carbocycles. The van der Waals surface area contributed by atoms with Gasteiger partial charge in [-0.15, -0.1) is 0 Å². The van der Waals surface area contributed by atoms with Gasteiger partial charge in [0.25, 0.3) is 0 Å². The molecule has 0 saturated carbocycles. The SMILES string of the molecule is C.CC(C)[PH+](C(C)(C)C)C(C)(C)C.CCC.[CH3-].[Cl][Pd+]. The molecule has 0 N–H and O–H groups in total. The molecule has 0 aromatic rings. The van der Waals surface area contributed by atoms with Crippen LogP contribution in [0.15, 0.2) is 0 Å². The molecule has 0 radical (unpaired) electrons. The number of halogens is 1. The third-order valence-electron chi connectivity index (χ3n) is 2.19. The van der Waals surface area contributed by atoms with Crippen LogP contribution in [-0.2, 0) is 18.2 Å². The van der Waals surface area contributed by atoms with E-state index in [1.165, 1.54) is 6.42 Å². The minimum absolute atomic E-state index is 0. The van der Waals surface area contributed by atoms with E-state index in [2.05, 4.69) is 96.9 Å². The quantitative estimate of drug-likeness (QED) is 0.242. The Bertz CT molecular complexity index is 143. The van der Waals surface area contributed by atoms with Gasteiger partial charge in [0.15, 0.2) is 0 Å². The average molecular weight is 406 g/mol. The summed E-state index contributed by atoms with van der Waals surface area (Å²) < 4.78 is 0. The first-order valence-electron chi connectivity index (χ1n) is 6.48. The molecule has 0 aliphatic carbocycles. The summed E-state index contributed by atoms with van der Waals surface area (Å²) in [5.41, 5.74) is 0.870. The second-order valence-corrected chi connectivity index (χ2v) is 11.8. The van der Waals surface area contributed by atoms with Gasteiger partial charge < -0.3 is 7.43 Å². The molecule has 0 atom stereocenters. The topological polar surface area (TPSA) is 0 Å². The second kappa shape index (κ2) is 15.8. The van der Waals surface area contributed by atoms with Crippen molar-refractivity contribution >= 4 is 17.5 Å². The van der Waals surface area contributed by atoms with Gasteiger partial charge >= 0.3 is 27.7 Å². The zero-order valence-electron chi connectivity index (χ0n) is 14.5. The Morgan fingerprint density at radius 3 is 1.05 bits per heavy atom. The van der Waals surface area contributed by atoms with Gasteiger partial charge in [-0.05, 0) is 55.4 Å². The monoisotopic (exact) mass is 405 g/mol. The van der Waals surface area contributed by atoms with E-state index < -0.39 is 0 Å². The summed E-state index contributed by atoms with van der Waals surface area (Å²) in [4.78, 5) is 0. The predicted octanol–water partition coefficient (Wildman–Crippen LogP) is 7.40. The Morgan fingerprint density at radius 2 is 1.05 bits per heavy atom. The normalized spacial score (nSPS) is 10.5. The Labute approximate surface area is 142 Å². The molecule has 3 heteroatoms. The minimum atomic E-state index is -0.293. The Hall–Kier alpha value is 1.38. The summed E-state index contributed by atoms with van der Waals surface area (Å²) in [5.74, 6) is 0. The van der Waals surface area contributed by atoms with E-state index in [1.54, 1.807) is 0 Å². The van der Waals surface area contributed by atoms with E-state index in [0.717, 1.165) is 5.66 Å². The molecule has 0 rings (SSSR count). The van der Waals surface area contributed by atoms with Crippen LogP contribution >= 0.6 is 17.5 Å². The van der Waals surface area contributed by atoms with Crippen LogP contribution in [0.5, 0.6) is 0 Å². The number of hydrogen-bond acceptors (Lipinski definition) is 0. The Kier molecular flexibility index (Phi) is 26.9. The van der Waals surface area contributed by atoms with Crippen molar-refractivity contribution in [2.24, 2.45) is 0 Å². The molecule has 126 valence electrons. The van der Waals surface area contributed by atoms with Crippen LogP contribution in [0, 0.1) is 7.43 Å². The molecule has 19 heavy (non-hydrogen) atoms. The van der Waals surface area contributed by atoms with Gasteiger partial charge in [-0.25, -0.2) is 0 Å². The predicted molar refractivity (Wildman–Crippen MR) is 97.9 cm³/mol. The fourth-order valence-electron chi connectivity index (χ4n) is 2.86. The van der Waals surface area contributed by atoms with Crippen LogP contribution in [0.2, 0.25) is 0 Å². The van der Waals surface area contributed by atoms with E-state index in [0.29, 0.717) is 10.3 Å². The summed E-state index contributed by atoms with van der Waals surface area (Å²) in [6.45, 7) is 23.4. The van der Waals surface area contributed by atoms with Crippen LogP contribution in [-0.4, -0.2) is 16.0 Å². The van der Waals surface area contributed by atoms with Gasteiger partial charge in [0.2, 0.25) is 0 Å². The fourth-order valence-corrected chi connectivity index (χ4v) is 8.57. The van der Waals surface area contributed by atoms with Crippen molar-refractivity contribution in [3.63, 3.8) is 0 Å². The van der Waals surface area contributed by atoms with E-state index in [4.69, 9.17) is 0 Å². The molecular formula is C16H41ClPPd+. The van der Waals surface area contributed by atoms with Crippen molar-refractivity contribution in [2.45, 2.75) is 99.1 Å². The van der Waals surface area contributed by atoms with Crippen molar-refractivity contribution < 1.29 is 18.2 Å². The molecule has 0 aliphatic heterocycles. The maximum absolute atomic E-state index is 4.49. The maximum atomic E-state index is 4.49. The summed E-state index contributed by atoms with van der Waals surface area (Å²) in [6.07, 6.45) is 1.25. The molecule has 0 heterocycles.